The minimum atomic E-state index is -0.326. The van der Waals surface area contributed by atoms with E-state index in [0.29, 0.717) is 23.4 Å². The number of imidazole rings is 1. The fourth-order valence-electron chi connectivity index (χ4n) is 3.17. The number of aromatic amines is 1. The van der Waals surface area contributed by atoms with Gasteiger partial charge in [0.2, 0.25) is 0 Å². The molecule has 136 valence electrons. The molecular formula is C23H18N4O. The van der Waals surface area contributed by atoms with Crippen LogP contribution in [0.3, 0.4) is 0 Å². The zero-order valence-electron chi connectivity index (χ0n) is 15.1. The van der Waals surface area contributed by atoms with Gasteiger partial charge in [0.1, 0.15) is 5.82 Å². The van der Waals surface area contributed by atoms with Crippen LogP contribution in [0.25, 0.3) is 11.0 Å². The quantitative estimate of drug-likeness (QED) is 0.557. The van der Waals surface area contributed by atoms with Gasteiger partial charge in [0.05, 0.1) is 28.7 Å². The maximum atomic E-state index is 12.8. The molecule has 0 saturated carbocycles. The number of fused-ring (bicyclic) bond motifs is 1. The molecule has 0 unspecified atom stereocenters. The van der Waals surface area contributed by atoms with Crippen molar-refractivity contribution in [3.8, 4) is 6.07 Å². The van der Waals surface area contributed by atoms with Crippen molar-refractivity contribution in [2.45, 2.75) is 12.5 Å². The van der Waals surface area contributed by atoms with Crippen molar-refractivity contribution in [3.05, 3.63) is 101 Å². The minimum absolute atomic E-state index is 0.238. The number of aromatic nitrogens is 2. The van der Waals surface area contributed by atoms with Gasteiger partial charge in [0, 0.05) is 5.56 Å². The Bertz CT molecular complexity index is 1120. The SMILES string of the molecule is N#Cc1cccc(C(=O)N[C@H](Cc2ccccc2)c2nc3ccccc3[nH]2)c1. The van der Waals surface area contributed by atoms with Crippen LogP contribution in [0.15, 0.2) is 78.9 Å². The Balaban J connectivity index is 1.66. The van der Waals surface area contributed by atoms with Gasteiger partial charge in [-0.1, -0.05) is 48.5 Å². The molecule has 0 spiro atoms. The molecule has 0 bridgehead atoms. The lowest BCUT2D eigenvalue weighted by atomic mass is 10.0. The second kappa shape index (κ2) is 7.77. The summed E-state index contributed by atoms with van der Waals surface area (Å²) in [7, 11) is 0. The standard InChI is InChI=1S/C23H18N4O/c24-15-17-9-6-10-18(13-17)23(28)27-21(14-16-7-2-1-3-8-16)22-25-19-11-4-5-12-20(19)26-22/h1-13,21H,14H2,(H,25,26)(H,27,28)/t21-/m1/s1. The predicted octanol–water partition coefficient (Wildman–Crippen LogP) is 4.15. The molecule has 1 amide bonds. The molecule has 1 heterocycles. The first-order chi connectivity index (χ1) is 13.7. The smallest absolute Gasteiger partial charge is 0.251 e. The van der Waals surface area contributed by atoms with Crippen molar-refractivity contribution in [2.75, 3.05) is 0 Å². The van der Waals surface area contributed by atoms with E-state index in [9.17, 15) is 4.79 Å². The number of benzene rings is 3. The average molecular weight is 366 g/mol. The van der Waals surface area contributed by atoms with E-state index < -0.39 is 0 Å². The van der Waals surface area contributed by atoms with Crippen LogP contribution >= 0.6 is 0 Å². The van der Waals surface area contributed by atoms with E-state index in [0.717, 1.165) is 16.6 Å². The van der Waals surface area contributed by atoms with Gasteiger partial charge in [-0.25, -0.2) is 4.98 Å². The normalized spacial score (nSPS) is 11.7. The summed E-state index contributed by atoms with van der Waals surface area (Å²) in [5, 5.41) is 12.2. The van der Waals surface area contributed by atoms with Crippen LogP contribution in [-0.2, 0) is 6.42 Å². The Kier molecular flexibility index (Phi) is 4.85. The van der Waals surface area contributed by atoms with E-state index in [1.165, 1.54) is 0 Å². The highest BCUT2D eigenvalue weighted by molar-refractivity contribution is 5.94. The molecule has 0 aliphatic heterocycles. The number of amides is 1. The Morgan fingerprint density at radius 1 is 1.04 bits per heavy atom. The predicted molar refractivity (Wildman–Crippen MR) is 108 cm³/mol. The topological polar surface area (TPSA) is 81.6 Å². The zero-order valence-corrected chi connectivity index (χ0v) is 15.1. The fourth-order valence-corrected chi connectivity index (χ4v) is 3.17. The number of H-pyrrole nitrogens is 1. The van der Waals surface area contributed by atoms with Crippen LogP contribution in [0.1, 0.15) is 33.4 Å². The lowest BCUT2D eigenvalue weighted by molar-refractivity contribution is 0.0935. The van der Waals surface area contributed by atoms with Crippen molar-refractivity contribution in [2.24, 2.45) is 0 Å². The van der Waals surface area contributed by atoms with Crippen LogP contribution in [0.5, 0.6) is 0 Å². The molecule has 0 aliphatic rings. The third-order valence-electron chi connectivity index (χ3n) is 4.58. The first-order valence-electron chi connectivity index (χ1n) is 9.02. The van der Waals surface area contributed by atoms with Crippen molar-refractivity contribution >= 4 is 16.9 Å². The van der Waals surface area contributed by atoms with Crippen molar-refractivity contribution in [1.29, 1.82) is 5.26 Å². The number of hydrogen-bond donors (Lipinski definition) is 2. The van der Waals surface area contributed by atoms with Crippen molar-refractivity contribution in [3.63, 3.8) is 0 Å². The molecule has 0 radical (unpaired) electrons. The summed E-state index contributed by atoms with van der Waals surface area (Å²) in [6.07, 6.45) is 0.602. The summed E-state index contributed by atoms with van der Waals surface area (Å²) < 4.78 is 0. The monoisotopic (exact) mass is 366 g/mol. The van der Waals surface area contributed by atoms with Crippen LogP contribution in [-0.4, -0.2) is 15.9 Å². The number of rotatable bonds is 5. The minimum Gasteiger partial charge on any atom is -0.342 e. The molecule has 1 atom stereocenters. The number of para-hydroxylation sites is 2. The molecule has 4 aromatic rings. The van der Waals surface area contributed by atoms with Gasteiger partial charge in [-0.05, 0) is 42.3 Å². The van der Waals surface area contributed by atoms with E-state index in [2.05, 4.69) is 21.4 Å². The Morgan fingerprint density at radius 3 is 2.61 bits per heavy atom. The number of carbonyl (C=O) groups is 1. The van der Waals surface area contributed by atoms with Crippen molar-refractivity contribution in [1.82, 2.24) is 15.3 Å². The number of nitrogens with zero attached hydrogens (tertiary/aromatic N) is 2. The highest BCUT2D eigenvalue weighted by Crippen LogP contribution is 2.20. The van der Waals surface area contributed by atoms with Gasteiger partial charge in [-0.3, -0.25) is 4.79 Å². The number of nitriles is 1. The molecule has 28 heavy (non-hydrogen) atoms. The Hall–Kier alpha value is -3.91. The van der Waals surface area contributed by atoms with E-state index in [1.54, 1.807) is 24.3 Å². The number of carbonyl (C=O) groups excluding carboxylic acids is 1. The maximum absolute atomic E-state index is 12.8. The maximum Gasteiger partial charge on any atom is 0.251 e. The second-order valence-electron chi connectivity index (χ2n) is 6.55. The van der Waals surface area contributed by atoms with E-state index in [1.807, 2.05) is 54.6 Å². The molecule has 5 heteroatoms. The summed E-state index contributed by atoms with van der Waals surface area (Å²) in [4.78, 5) is 20.8. The average Bonchev–Trinajstić information content (AvgIpc) is 3.18. The van der Waals surface area contributed by atoms with E-state index in [4.69, 9.17) is 5.26 Å². The molecule has 0 saturated heterocycles. The van der Waals surface area contributed by atoms with Gasteiger partial charge in [0.15, 0.2) is 0 Å². The highest BCUT2D eigenvalue weighted by atomic mass is 16.1. The number of hydrogen-bond acceptors (Lipinski definition) is 3. The highest BCUT2D eigenvalue weighted by Gasteiger charge is 2.20. The summed E-state index contributed by atoms with van der Waals surface area (Å²) in [5.74, 6) is 0.466. The van der Waals surface area contributed by atoms with Crippen molar-refractivity contribution < 1.29 is 4.79 Å². The van der Waals surface area contributed by atoms with Crippen LogP contribution in [0, 0.1) is 11.3 Å². The summed E-state index contributed by atoms with van der Waals surface area (Å²) in [6, 6.07) is 26.2. The summed E-state index contributed by atoms with van der Waals surface area (Å²) >= 11 is 0. The molecule has 0 aliphatic carbocycles. The molecule has 4 rings (SSSR count). The third kappa shape index (κ3) is 3.76. The molecule has 2 N–H and O–H groups in total. The fraction of sp³-hybridized carbons (Fsp3) is 0.0870. The number of nitrogens with one attached hydrogen (secondary N) is 2. The summed E-state index contributed by atoms with van der Waals surface area (Å²) in [6.45, 7) is 0. The molecule has 0 fully saturated rings. The van der Waals surface area contributed by atoms with Crippen LogP contribution in [0.2, 0.25) is 0 Å². The zero-order chi connectivity index (χ0) is 19.3. The second-order valence-corrected chi connectivity index (χ2v) is 6.55. The van der Waals surface area contributed by atoms with Crippen LogP contribution < -0.4 is 5.32 Å². The molecule has 3 aromatic carbocycles. The largest absolute Gasteiger partial charge is 0.342 e. The van der Waals surface area contributed by atoms with Crippen LogP contribution in [0.4, 0.5) is 0 Å². The van der Waals surface area contributed by atoms with Gasteiger partial charge in [-0.15, -0.1) is 0 Å². The van der Waals surface area contributed by atoms with E-state index in [-0.39, 0.29) is 11.9 Å². The van der Waals surface area contributed by atoms with Gasteiger partial charge >= 0.3 is 0 Å². The first-order valence-corrected chi connectivity index (χ1v) is 9.02. The Morgan fingerprint density at radius 2 is 1.82 bits per heavy atom. The molecule has 1 aromatic heterocycles. The first kappa shape index (κ1) is 17.5. The van der Waals surface area contributed by atoms with Gasteiger partial charge < -0.3 is 10.3 Å². The summed E-state index contributed by atoms with van der Waals surface area (Å²) in [5.41, 5.74) is 3.79. The Labute approximate surface area is 162 Å². The lowest BCUT2D eigenvalue weighted by Gasteiger charge is -2.17. The third-order valence-corrected chi connectivity index (χ3v) is 4.58. The van der Waals surface area contributed by atoms with Gasteiger partial charge in [0.25, 0.3) is 5.91 Å². The van der Waals surface area contributed by atoms with E-state index >= 15 is 0 Å². The van der Waals surface area contributed by atoms with Gasteiger partial charge in [-0.2, -0.15) is 5.26 Å². The molecular weight excluding hydrogens is 348 g/mol. The lowest BCUT2D eigenvalue weighted by Crippen LogP contribution is -2.30. The molecule has 5 nitrogen and oxygen atoms in total.